The molecule has 3 heteroatoms. The normalized spacial score (nSPS) is 13.7. The summed E-state index contributed by atoms with van der Waals surface area (Å²) in [5, 5.41) is 0. The Kier molecular flexibility index (Phi) is 2.90. The predicted molar refractivity (Wildman–Crippen MR) is 43.5 cm³/mol. The minimum absolute atomic E-state index is 0.800. The van der Waals surface area contributed by atoms with Crippen molar-refractivity contribution < 1.29 is 4.74 Å². The highest BCUT2D eigenvalue weighted by atomic mass is 28.3. The van der Waals surface area contributed by atoms with Gasteiger partial charge in [0.1, 0.15) is 0 Å². The first kappa shape index (κ1) is 8.69. The molecule has 0 aromatic carbocycles. The zero-order valence-electron chi connectivity index (χ0n) is 6.86. The smallest absolute Gasteiger partial charge is 0.176 e. The van der Waals surface area contributed by atoms with E-state index in [4.69, 9.17) is 4.74 Å². The van der Waals surface area contributed by atoms with Gasteiger partial charge in [-0.1, -0.05) is 0 Å². The monoisotopic (exact) mass is 145 g/mol. The first-order chi connectivity index (χ1) is 3.95. The van der Waals surface area contributed by atoms with E-state index in [-0.39, 0.29) is 0 Å². The van der Waals surface area contributed by atoms with Crippen LogP contribution in [-0.4, -0.2) is 21.2 Å². The Balaban J connectivity index is 3.95. The van der Waals surface area contributed by atoms with Gasteiger partial charge in [-0.2, -0.15) is 0 Å². The van der Waals surface area contributed by atoms with Gasteiger partial charge >= 0.3 is 0 Å². The second-order valence-corrected chi connectivity index (χ2v) is 7.57. The van der Waals surface area contributed by atoms with E-state index in [0.29, 0.717) is 0 Å². The summed E-state index contributed by atoms with van der Waals surface area (Å²) in [5.74, 6) is 0.800. The molecular weight excluding hydrogens is 130 g/mol. The third-order valence-electron chi connectivity index (χ3n) is 0.788. The number of methoxy groups -OCH3 is 1. The summed E-state index contributed by atoms with van der Waals surface area (Å²) in [4.78, 5) is 0. The molecule has 0 heterocycles. The van der Waals surface area contributed by atoms with E-state index in [9.17, 15) is 0 Å². The highest BCUT2D eigenvalue weighted by molar-refractivity contribution is 6.75. The summed E-state index contributed by atoms with van der Waals surface area (Å²) in [6, 6.07) is 0. The van der Waals surface area contributed by atoms with E-state index >= 15 is 0 Å². The largest absolute Gasteiger partial charge is 0.485 e. The molecule has 0 radical (unpaired) electrons. The molecule has 0 aliphatic rings. The van der Waals surface area contributed by atoms with Gasteiger partial charge in [0.05, 0.1) is 7.11 Å². The molecule has 0 amide bonds. The Labute approximate surface area is 58.0 Å². The van der Waals surface area contributed by atoms with Crippen LogP contribution in [0.5, 0.6) is 0 Å². The summed E-state index contributed by atoms with van der Waals surface area (Å²) < 4.78 is 9.27. The molecule has 54 valence electrons. The van der Waals surface area contributed by atoms with Crippen LogP contribution in [0.3, 0.4) is 0 Å². The van der Waals surface area contributed by atoms with E-state index in [1.807, 2.05) is 6.92 Å². The standard InChI is InChI=1S/C6H15NOSi/c1-6(8-2)7-9(3,4)5/h1-5H3/b7-6+. The average molecular weight is 145 g/mol. The van der Waals surface area contributed by atoms with Gasteiger partial charge in [0.15, 0.2) is 14.1 Å². The van der Waals surface area contributed by atoms with Crippen molar-refractivity contribution in [3.05, 3.63) is 0 Å². The summed E-state index contributed by atoms with van der Waals surface area (Å²) in [6.07, 6.45) is 0. The molecule has 0 atom stereocenters. The maximum atomic E-state index is 4.91. The zero-order chi connectivity index (χ0) is 7.49. The number of hydrogen-bond donors (Lipinski definition) is 0. The van der Waals surface area contributed by atoms with Crippen molar-refractivity contribution in [3.8, 4) is 0 Å². The first-order valence-corrected chi connectivity index (χ1v) is 6.51. The van der Waals surface area contributed by atoms with Crippen molar-refractivity contribution in [1.29, 1.82) is 0 Å². The van der Waals surface area contributed by atoms with Gasteiger partial charge in [-0.25, -0.2) is 0 Å². The Bertz CT molecular complexity index is 115. The van der Waals surface area contributed by atoms with Gasteiger partial charge in [0, 0.05) is 6.92 Å². The molecular formula is C6H15NOSi. The molecule has 0 bridgehead atoms. The predicted octanol–water partition coefficient (Wildman–Crippen LogP) is 1.89. The van der Waals surface area contributed by atoms with Crippen LogP contribution in [0.2, 0.25) is 19.6 Å². The van der Waals surface area contributed by atoms with Crippen molar-refractivity contribution >= 4 is 14.1 Å². The Morgan fingerprint density at radius 2 is 1.78 bits per heavy atom. The zero-order valence-corrected chi connectivity index (χ0v) is 7.86. The molecule has 0 N–H and O–H groups in total. The lowest BCUT2D eigenvalue weighted by atomic mass is 10.8. The minimum atomic E-state index is -1.28. The quantitative estimate of drug-likeness (QED) is 0.314. The number of nitrogens with zero attached hydrogens (tertiary/aromatic N) is 1. The van der Waals surface area contributed by atoms with Crippen LogP contribution in [-0.2, 0) is 4.74 Å². The summed E-state index contributed by atoms with van der Waals surface area (Å²) in [6.45, 7) is 8.42. The second-order valence-electron chi connectivity index (χ2n) is 3.01. The Morgan fingerprint density at radius 3 is 1.89 bits per heavy atom. The van der Waals surface area contributed by atoms with Crippen molar-refractivity contribution in [1.82, 2.24) is 0 Å². The van der Waals surface area contributed by atoms with Gasteiger partial charge < -0.3 is 4.74 Å². The fourth-order valence-electron chi connectivity index (χ4n) is 0.518. The molecule has 0 rings (SSSR count). The number of ether oxygens (including phenoxy) is 1. The average Bonchev–Trinajstić information content (AvgIpc) is 1.62. The van der Waals surface area contributed by atoms with Crippen molar-refractivity contribution in [2.24, 2.45) is 4.66 Å². The number of rotatable bonds is 1. The van der Waals surface area contributed by atoms with Crippen molar-refractivity contribution in [3.63, 3.8) is 0 Å². The molecule has 0 fully saturated rings. The van der Waals surface area contributed by atoms with Crippen molar-refractivity contribution in [2.45, 2.75) is 26.6 Å². The summed E-state index contributed by atoms with van der Waals surface area (Å²) in [7, 11) is 0.373. The van der Waals surface area contributed by atoms with Crippen LogP contribution >= 0.6 is 0 Å². The maximum absolute atomic E-state index is 4.91. The first-order valence-electron chi connectivity index (χ1n) is 3.06. The van der Waals surface area contributed by atoms with Gasteiger partial charge in [0.25, 0.3) is 0 Å². The summed E-state index contributed by atoms with van der Waals surface area (Å²) >= 11 is 0. The van der Waals surface area contributed by atoms with Gasteiger partial charge in [-0.15, -0.1) is 0 Å². The van der Waals surface area contributed by atoms with Crippen LogP contribution in [0.4, 0.5) is 0 Å². The maximum Gasteiger partial charge on any atom is 0.176 e. The highest BCUT2D eigenvalue weighted by Crippen LogP contribution is 2.01. The van der Waals surface area contributed by atoms with Gasteiger partial charge in [0.2, 0.25) is 0 Å². The molecule has 0 unspecified atom stereocenters. The lowest BCUT2D eigenvalue weighted by molar-refractivity contribution is 0.401. The molecule has 0 spiro atoms. The van der Waals surface area contributed by atoms with E-state index in [0.717, 1.165) is 5.90 Å². The topological polar surface area (TPSA) is 21.6 Å². The van der Waals surface area contributed by atoms with Crippen LogP contribution in [0.15, 0.2) is 4.66 Å². The highest BCUT2D eigenvalue weighted by Gasteiger charge is 2.10. The molecule has 0 aliphatic heterocycles. The van der Waals surface area contributed by atoms with Crippen LogP contribution < -0.4 is 0 Å². The van der Waals surface area contributed by atoms with Gasteiger partial charge in [-0.05, 0) is 19.6 Å². The fraction of sp³-hybridized carbons (Fsp3) is 0.833. The van der Waals surface area contributed by atoms with Gasteiger partial charge in [-0.3, -0.25) is 4.66 Å². The molecule has 2 nitrogen and oxygen atoms in total. The molecule has 9 heavy (non-hydrogen) atoms. The lowest BCUT2D eigenvalue weighted by Gasteiger charge is -2.09. The molecule has 0 aliphatic carbocycles. The fourth-order valence-corrected chi connectivity index (χ4v) is 1.55. The van der Waals surface area contributed by atoms with Crippen LogP contribution in [0.1, 0.15) is 6.92 Å². The summed E-state index contributed by atoms with van der Waals surface area (Å²) in [5.41, 5.74) is 0. The van der Waals surface area contributed by atoms with E-state index in [2.05, 4.69) is 24.3 Å². The Hall–Kier alpha value is -0.313. The van der Waals surface area contributed by atoms with Crippen LogP contribution in [0.25, 0.3) is 0 Å². The van der Waals surface area contributed by atoms with E-state index in [1.165, 1.54) is 0 Å². The van der Waals surface area contributed by atoms with E-state index in [1.54, 1.807) is 7.11 Å². The molecule has 0 saturated carbocycles. The van der Waals surface area contributed by atoms with Crippen molar-refractivity contribution in [2.75, 3.05) is 7.11 Å². The third-order valence-corrected chi connectivity index (χ3v) is 1.77. The molecule has 0 saturated heterocycles. The SMILES string of the molecule is CO/C(C)=N/[Si](C)(C)C. The Morgan fingerprint density at radius 1 is 1.33 bits per heavy atom. The lowest BCUT2D eigenvalue weighted by Crippen LogP contribution is -2.19. The molecule has 0 aromatic heterocycles. The second kappa shape index (κ2) is 3.01. The number of hydrogen-bond acceptors (Lipinski definition) is 2. The third kappa shape index (κ3) is 5.56. The minimum Gasteiger partial charge on any atom is -0.485 e. The van der Waals surface area contributed by atoms with Crippen LogP contribution in [0, 0.1) is 0 Å². The van der Waals surface area contributed by atoms with E-state index < -0.39 is 8.24 Å². The molecule has 0 aromatic rings.